The molecule has 0 aliphatic heterocycles. The fraction of sp³-hybridized carbons (Fsp3) is 0.273. The average molecular weight is 204 g/mol. The zero-order chi connectivity index (χ0) is 11.1. The third-order valence-corrected chi connectivity index (χ3v) is 1.92. The number of esters is 1. The van der Waals surface area contributed by atoms with Crippen LogP contribution in [0.5, 0.6) is 0 Å². The number of methoxy groups -OCH3 is 1. The third-order valence-electron chi connectivity index (χ3n) is 1.92. The van der Waals surface area contributed by atoms with Gasteiger partial charge in [0.15, 0.2) is 0 Å². The highest BCUT2D eigenvalue weighted by molar-refractivity contribution is 5.70. The van der Waals surface area contributed by atoms with Crippen LogP contribution in [-0.4, -0.2) is 19.6 Å². The first-order valence-corrected chi connectivity index (χ1v) is 4.57. The molecule has 0 spiro atoms. The molecule has 1 aromatic carbocycles. The predicted molar refractivity (Wildman–Crippen MR) is 56.3 cm³/mol. The summed E-state index contributed by atoms with van der Waals surface area (Å²) in [6.07, 6.45) is 0.288. The largest absolute Gasteiger partial charge is 0.469 e. The van der Waals surface area contributed by atoms with E-state index in [0.717, 1.165) is 5.69 Å². The molecule has 0 atom stereocenters. The Labute approximate surface area is 88.5 Å². The molecule has 0 aromatic heterocycles. The van der Waals surface area contributed by atoms with Gasteiger partial charge in [-0.2, -0.15) is 5.26 Å². The second-order valence-corrected chi connectivity index (χ2v) is 2.91. The highest BCUT2D eigenvalue weighted by Crippen LogP contribution is 2.12. The van der Waals surface area contributed by atoms with Crippen LogP contribution in [0.3, 0.4) is 0 Å². The fourth-order valence-corrected chi connectivity index (χ4v) is 1.14. The third kappa shape index (κ3) is 3.31. The van der Waals surface area contributed by atoms with E-state index in [4.69, 9.17) is 5.26 Å². The van der Waals surface area contributed by atoms with Crippen LogP contribution >= 0.6 is 0 Å². The molecule has 0 aliphatic carbocycles. The van der Waals surface area contributed by atoms with Crippen molar-refractivity contribution in [1.29, 1.82) is 5.26 Å². The molecular formula is C11H12N2O2. The van der Waals surface area contributed by atoms with Crippen LogP contribution in [0.25, 0.3) is 0 Å². The van der Waals surface area contributed by atoms with Crippen molar-refractivity contribution in [2.75, 3.05) is 19.0 Å². The summed E-state index contributed by atoms with van der Waals surface area (Å²) in [4.78, 5) is 10.8. The van der Waals surface area contributed by atoms with E-state index in [1.165, 1.54) is 7.11 Å². The number of hydrogen-bond donors (Lipinski definition) is 1. The Hall–Kier alpha value is -2.02. The highest BCUT2D eigenvalue weighted by atomic mass is 16.5. The maximum atomic E-state index is 10.8. The van der Waals surface area contributed by atoms with Gasteiger partial charge in [-0.15, -0.1) is 0 Å². The summed E-state index contributed by atoms with van der Waals surface area (Å²) in [5.41, 5.74) is 1.31. The molecular weight excluding hydrogens is 192 g/mol. The van der Waals surface area contributed by atoms with E-state index in [1.54, 1.807) is 18.2 Å². The second-order valence-electron chi connectivity index (χ2n) is 2.91. The molecule has 4 nitrogen and oxygen atoms in total. The first-order chi connectivity index (χ1) is 7.27. The Morgan fingerprint density at radius 1 is 1.53 bits per heavy atom. The number of anilines is 1. The van der Waals surface area contributed by atoms with Crippen molar-refractivity contribution < 1.29 is 9.53 Å². The minimum Gasteiger partial charge on any atom is -0.469 e. The number of para-hydroxylation sites is 1. The molecule has 78 valence electrons. The standard InChI is InChI=1S/C11H12N2O2/c1-15-11(14)6-7-13-10-5-3-2-4-9(10)8-12/h2-5,13H,6-7H2,1H3. The number of benzene rings is 1. The minimum atomic E-state index is -0.267. The Balaban J connectivity index is 2.51. The van der Waals surface area contributed by atoms with Gasteiger partial charge in [0.1, 0.15) is 6.07 Å². The molecule has 0 heterocycles. The van der Waals surface area contributed by atoms with Gasteiger partial charge in [0.05, 0.1) is 24.8 Å². The van der Waals surface area contributed by atoms with E-state index < -0.39 is 0 Å². The quantitative estimate of drug-likeness (QED) is 0.755. The lowest BCUT2D eigenvalue weighted by Gasteiger charge is -2.06. The second kappa shape index (κ2) is 5.66. The lowest BCUT2D eigenvalue weighted by atomic mass is 10.2. The van der Waals surface area contributed by atoms with Crippen LogP contribution < -0.4 is 5.32 Å². The van der Waals surface area contributed by atoms with Crippen LogP contribution in [0.4, 0.5) is 5.69 Å². The predicted octanol–water partition coefficient (Wildman–Crippen LogP) is 1.53. The summed E-state index contributed by atoms with van der Waals surface area (Å²) in [6.45, 7) is 0.464. The average Bonchev–Trinajstić information content (AvgIpc) is 2.29. The molecule has 0 fully saturated rings. The van der Waals surface area contributed by atoms with Crippen molar-refractivity contribution in [1.82, 2.24) is 0 Å². The van der Waals surface area contributed by atoms with Crippen LogP contribution in [0.15, 0.2) is 24.3 Å². The highest BCUT2D eigenvalue weighted by Gasteiger charge is 2.02. The summed E-state index contributed by atoms with van der Waals surface area (Å²) in [6, 6.07) is 9.22. The maximum absolute atomic E-state index is 10.8. The topological polar surface area (TPSA) is 62.1 Å². The van der Waals surface area contributed by atoms with Crippen LogP contribution in [-0.2, 0) is 9.53 Å². The molecule has 0 radical (unpaired) electrons. The summed E-state index contributed by atoms with van der Waals surface area (Å²) in [7, 11) is 1.35. The summed E-state index contributed by atoms with van der Waals surface area (Å²) < 4.78 is 4.50. The van der Waals surface area contributed by atoms with E-state index >= 15 is 0 Å². The molecule has 0 aliphatic rings. The van der Waals surface area contributed by atoms with Gasteiger partial charge in [0.2, 0.25) is 0 Å². The molecule has 1 aromatic rings. The zero-order valence-corrected chi connectivity index (χ0v) is 8.49. The Morgan fingerprint density at radius 3 is 2.93 bits per heavy atom. The van der Waals surface area contributed by atoms with E-state index in [1.807, 2.05) is 6.07 Å². The van der Waals surface area contributed by atoms with E-state index in [-0.39, 0.29) is 12.4 Å². The van der Waals surface area contributed by atoms with Crippen LogP contribution in [0, 0.1) is 11.3 Å². The SMILES string of the molecule is COC(=O)CCNc1ccccc1C#N. The van der Waals surface area contributed by atoms with E-state index in [0.29, 0.717) is 12.1 Å². The number of nitriles is 1. The smallest absolute Gasteiger partial charge is 0.307 e. The van der Waals surface area contributed by atoms with Gasteiger partial charge in [-0.25, -0.2) is 0 Å². The monoisotopic (exact) mass is 204 g/mol. The van der Waals surface area contributed by atoms with Crippen molar-refractivity contribution in [3.8, 4) is 6.07 Å². The number of carbonyl (C=O) groups is 1. The van der Waals surface area contributed by atoms with Gasteiger partial charge in [-0.1, -0.05) is 12.1 Å². The first kappa shape index (κ1) is 11.1. The van der Waals surface area contributed by atoms with E-state index in [9.17, 15) is 4.79 Å². The van der Waals surface area contributed by atoms with Crippen molar-refractivity contribution in [3.05, 3.63) is 29.8 Å². The summed E-state index contributed by atoms with van der Waals surface area (Å²) >= 11 is 0. The molecule has 0 unspecified atom stereocenters. The van der Waals surface area contributed by atoms with Gasteiger partial charge < -0.3 is 10.1 Å². The Kier molecular flexibility index (Phi) is 4.17. The summed E-state index contributed by atoms with van der Waals surface area (Å²) in [5, 5.41) is 11.8. The van der Waals surface area contributed by atoms with Crippen LogP contribution in [0.2, 0.25) is 0 Å². The van der Waals surface area contributed by atoms with Crippen LogP contribution in [0.1, 0.15) is 12.0 Å². The number of carbonyl (C=O) groups excluding carboxylic acids is 1. The van der Waals surface area contributed by atoms with Gasteiger partial charge in [-0.3, -0.25) is 4.79 Å². The number of ether oxygens (including phenoxy) is 1. The van der Waals surface area contributed by atoms with E-state index in [2.05, 4.69) is 16.1 Å². The van der Waals surface area contributed by atoms with Crippen molar-refractivity contribution >= 4 is 11.7 Å². The van der Waals surface area contributed by atoms with Crippen molar-refractivity contribution in [2.24, 2.45) is 0 Å². The Morgan fingerprint density at radius 2 is 2.27 bits per heavy atom. The minimum absolute atomic E-state index is 0.267. The van der Waals surface area contributed by atoms with Gasteiger partial charge in [0.25, 0.3) is 0 Å². The summed E-state index contributed by atoms with van der Waals surface area (Å²) in [5.74, 6) is -0.267. The molecule has 1 N–H and O–H groups in total. The number of hydrogen-bond acceptors (Lipinski definition) is 4. The number of rotatable bonds is 4. The van der Waals surface area contributed by atoms with Crippen molar-refractivity contribution in [3.63, 3.8) is 0 Å². The maximum Gasteiger partial charge on any atom is 0.307 e. The Bertz CT molecular complexity index is 382. The molecule has 0 saturated heterocycles. The molecule has 0 saturated carbocycles. The lowest BCUT2D eigenvalue weighted by molar-refractivity contribution is -0.140. The molecule has 15 heavy (non-hydrogen) atoms. The lowest BCUT2D eigenvalue weighted by Crippen LogP contribution is -2.10. The molecule has 0 bridgehead atoms. The number of nitrogens with one attached hydrogen (secondary N) is 1. The zero-order valence-electron chi connectivity index (χ0n) is 8.49. The van der Waals surface area contributed by atoms with Crippen molar-refractivity contribution in [2.45, 2.75) is 6.42 Å². The first-order valence-electron chi connectivity index (χ1n) is 4.57. The fourth-order valence-electron chi connectivity index (χ4n) is 1.14. The normalized spacial score (nSPS) is 9.07. The molecule has 0 amide bonds. The molecule has 4 heteroatoms. The van der Waals surface area contributed by atoms with Gasteiger partial charge in [-0.05, 0) is 12.1 Å². The van der Waals surface area contributed by atoms with Gasteiger partial charge in [0, 0.05) is 6.54 Å². The molecule has 1 rings (SSSR count). The number of nitrogens with zero attached hydrogens (tertiary/aromatic N) is 1. The van der Waals surface area contributed by atoms with Gasteiger partial charge >= 0.3 is 5.97 Å².